The smallest absolute Gasteiger partial charge is 0.239 e. The minimum absolute atomic E-state index is 0.0318. The maximum Gasteiger partial charge on any atom is 0.239 e. The van der Waals surface area contributed by atoms with Gasteiger partial charge < -0.3 is 5.73 Å². The van der Waals surface area contributed by atoms with Crippen molar-refractivity contribution >= 4 is 5.95 Å². The largest absolute Gasteiger partial charge is 0.366 e. The van der Waals surface area contributed by atoms with Crippen molar-refractivity contribution in [3.05, 3.63) is 5.82 Å². The molecule has 0 aliphatic carbocycles. The maximum absolute atomic E-state index is 5.51. The van der Waals surface area contributed by atoms with Gasteiger partial charge >= 0.3 is 0 Å². The first-order valence-corrected chi connectivity index (χ1v) is 4.17. The molecule has 0 saturated carbocycles. The van der Waals surface area contributed by atoms with Crippen LogP contribution in [0.4, 0.5) is 5.95 Å². The summed E-state index contributed by atoms with van der Waals surface area (Å²) < 4.78 is 1.88. The van der Waals surface area contributed by atoms with Crippen LogP contribution in [0.15, 0.2) is 0 Å². The Morgan fingerprint density at radius 1 is 1.42 bits per heavy atom. The summed E-state index contributed by atoms with van der Waals surface area (Å²) in [5, 5.41) is 4.14. The summed E-state index contributed by atoms with van der Waals surface area (Å²) in [7, 11) is 0. The third-order valence-electron chi connectivity index (χ3n) is 1.64. The van der Waals surface area contributed by atoms with E-state index >= 15 is 0 Å². The number of aromatic nitrogens is 3. The molecule has 0 aromatic carbocycles. The molecule has 0 unspecified atom stereocenters. The average Bonchev–Trinajstić information content (AvgIpc) is 2.29. The molecular weight excluding hydrogens is 152 g/mol. The first-order chi connectivity index (χ1) is 5.45. The molecule has 4 nitrogen and oxygen atoms in total. The van der Waals surface area contributed by atoms with E-state index in [1.807, 2.05) is 11.6 Å². The normalized spacial score (nSPS) is 12.0. The topological polar surface area (TPSA) is 56.7 Å². The first-order valence-electron chi connectivity index (χ1n) is 4.17. The van der Waals surface area contributed by atoms with Crippen molar-refractivity contribution in [2.75, 3.05) is 5.73 Å². The fraction of sp³-hybridized carbons (Fsp3) is 0.750. The summed E-state index contributed by atoms with van der Waals surface area (Å²) in [5.74, 6) is 1.31. The highest BCUT2D eigenvalue weighted by molar-refractivity contribution is 5.14. The summed E-state index contributed by atoms with van der Waals surface area (Å²) >= 11 is 0. The molecule has 0 saturated heterocycles. The molecule has 2 N–H and O–H groups in total. The molecule has 0 bridgehead atoms. The van der Waals surface area contributed by atoms with Gasteiger partial charge in [0.2, 0.25) is 5.95 Å². The van der Waals surface area contributed by atoms with Crippen LogP contribution in [0, 0.1) is 0 Å². The second-order valence-electron chi connectivity index (χ2n) is 3.82. The van der Waals surface area contributed by atoms with Crippen LogP contribution in [0.1, 0.15) is 33.5 Å². The lowest BCUT2D eigenvalue weighted by Gasteiger charge is -2.20. The number of nitrogens with zero attached hydrogens (tertiary/aromatic N) is 3. The number of hydrogen-bond acceptors (Lipinski definition) is 3. The number of rotatable bonds is 1. The Balaban J connectivity index is 3.13. The van der Waals surface area contributed by atoms with Gasteiger partial charge in [0.25, 0.3) is 0 Å². The van der Waals surface area contributed by atoms with Crippen molar-refractivity contribution in [1.29, 1.82) is 0 Å². The molecule has 1 rings (SSSR count). The molecule has 0 spiro atoms. The van der Waals surface area contributed by atoms with Gasteiger partial charge in [-0.05, 0) is 20.8 Å². The Morgan fingerprint density at radius 3 is 2.33 bits per heavy atom. The summed E-state index contributed by atoms with van der Waals surface area (Å²) in [5.41, 5.74) is 5.48. The van der Waals surface area contributed by atoms with Crippen molar-refractivity contribution in [2.24, 2.45) is 0 Å². The number of nitrogen functional groups attached to an aromatic ring is 1. The second-order valence-corrected chi connectivity index (χ2v) is 3.82. The SMILES string of the molecule is CCc1nc(N)nn1C(C)(C)C. The van der Waals surface area contributed by atoms with Crippen LogP contribution in [0.3, 0.4) is 0 Å². The number of aryl methyl sites for hydroxylation is 1. The standard InChI is InChI=1S/C8H16N4/c1-5-6-10-7(9)11-12(6)8(2,3)4/h5H2,1-4H3,(H2,9,11). The van der Waals surface area contributed by atoms with E-state index in [1.165, 1.54) is 0 Å². The molecule has 1 aromatic heterocycles. The quantitative estimate of drug-likeness (QED) is 0.685. The summed E-state index contributed by atoms with van der Waals surface area (Å²) in [4.78, 5) is 4.13. The molecule has 4 heteroatoms. The summed E-state index contributed by atoms with van der Waals surface area (Å²) in [6.45, 7) is 8.30. The second kappa shape index (κ2) is 2.77. The van der Waals surface area contributed by atoms with Crippen molar-refractivity contribution in [3.63, 3.8) is 0 Å². The van der Waals surface area contributed by atoms with Crippen LogP contribution >= 0.6 is 0 Å². The van der Waals surface area contributed by atoms with Crippen LogP contribution in [-0.2, 0) is 12.0 Å². The van der Waals surface area contributed by atoms with Gasteiger partial charge in [-0.1, -0.05) is 6.92 Å². The van der Waals surface area contributed by atoms with Gasteiger partial charge in [0.15, 0.2) is 0 Å². The van der Waals surface area contributed by atoms with E-state index in [1.54, 1.807) is 0 Å². The van der Waals surface area contributed by atoms with E-state index in [2.05, 4.69) is 30.9 Å². The Labute approximate surface area is 72.8 Å². The van der Waals surface area contributed by atoms with Gasteiger partial charge in [-0.3, -0.25) is 0 Å². The number of anilines is 1. The molecule has 12 heavy (non-hydrogen) atoms. The molecule has 1 aromatic rings. The van der Waals surface area contributed by atoms with Crippen molar-refractivity contribution in [3.8, 4) is 0 Å². The van der Waals surface area contributed by atoms with E-state index in [0.717, 1.165) is 12.2 Å². The molecule has 0 amide bonds. The van der Waals surface area contributed by atoms with Crippen molar-refractivity contribution in [1.82, 2.24) is 14.8 Å². The van der Waals surface area contributed by atoms with Crippen LogP contribution in [-0.4, -0.2) is 14.8 Å². The van der Waals surface area contributed by atoms with Gasteiger partial charge in [0.05, 0.1) is 5.54 Å². The molecule has 68 valence electrons. The predicted molar refractivity (Wildman–Crippen MR) is 48.8 cm³/mol. The van der Waals surface area contributed by atoms with Gasteiger partial charge in [0, 0.05) is 6.42 Å². The molecule has 0 aliphatic heterocycles. The lowest BCUT2D eigenvalue weighted by molar-refractivity contribution is 0.343. The first kappa shape index (κ1) is 9.03. The lowest BCUT2D eigenvalue weighted by atomic mass is 10.1. The lowest BCUT2D eigenvalue weighted by Crippen LogP contribution is -2.25. The fourth-order valence-electron chi connectivity index (χ4n) is 1.13. The average molecular weight is 168 g/mol. The van der Waals surface area contributed by atoms with Gasteiger partial charge in [-0.15, -0.1) is 5.10 Å². The van der Waals surface area contributed by atoms with Crippen LogP contribution in [0.2, 0.25) is 0 Å². The van der Waals surface area contributed by atoms with Crippen LogP contribution in [0.25, 0.3) is 0 Å². The van der Waals surface area contributed by atoms with E-state index in [0.29, 0.717) is 5.95 Å². The third kappa shape index (κ3) is 1.57. The van der Waals surface area contributed by atoms with Gasteiger partial charge in [-0.2, -0.15) is 4.98 Å². The third-order valence-corrected chi connectivity index (χ3v) is 1.64. The highest BCUT2D eigenvalue weighted by Gasteiger charge is 2.18. The van der Waals surface area contributed by atoms with Crippen molar-refractivity contribution in [2.45, 2.75) is 39.7 Å². The van der Waals surface area contributed by atoms with E-state index < -0.39 is 0 Å². The van der Waals surface area contributed by atoms with Gasteiger partial charge in [0.1, 0.15) is 5.82 Å². The zero-order valence-electron chi connectivity index (χ0n) is 8.13. The highest BCUT2D eigenvalue weighted by Crippen LogP contribution is 2.15. The summed E-state index contributed by atoms with van der Waals surface area (Å²) in [6, 6.07) is 0. The van der Waals surface area contributed by atoms with Crippen LogP contribution < -0.4 is 5.73 Å². The van der Waals surface area contributed by atoms with Crippen LogP contribution in [0.5, 0.6) is 0 Å². The highest BCUT2D eigenvalue weighted by atomic mass is 15.4. The Bertz CT molecular complexity index is 269. The van der Waals surface area contributed by atoms with Crippen molar-refractivity contribution < 1.29 is 0 Å². The number of hydrogen-bond donors (Lipinski definition) is 1. The molecular formula is C8H16N4. The van der Waals surface area contributed by atoms with E-state index in [9.17, 15) is 0 Å². The van der Waals surface area contributed by atoms with E-state index in [4.69, 9.17) is 5.73 Å². The predicted octanol–water partition coefficient (Wildman–Crippen LogP) is 1.18. The molecule has 0 atom stereocenters. The number of nitrogens with two attached hydrogens (primary N) is 1. The zero-order valence-corrected chi connectivity index (χ0v) is 8.13. The Kier molecular flexibility index (Phi) is 2.08. The molecule has 0 radical (unpaired) electrons. The zero-order chi connectivity index (χ0) is 9.35. The minimum atomic E-state index is -0.0318. The minimum Gasteiger partial charge on any atom is -0.366 e. The molecule has 0 fully saturated rings. The maximum atomic E-state index is 5.51. The molecule has 1 heterocycles. The Morgan fingerprint density at radius 2 is 2.00 bits per heavy atom. The molecule has 0 aliphatic rings. The monoisotopic (exact) mass is 168 g/mol. The Hall–Kier alpha value is -1.06. The van der Waals surface area contributed by atoms with E-state index in [-0.39, 0.29) is 5.54 Å². The summed E-state index contributed by atoms with van der Waals surface area (Å²) in [6.07, 6.45) is 0.863. The fourth-order valence-corrected chi connectivity index (χ4v) is 1.13. The van der Waals surface area contributed by atoms with Gasteiger partial charge in [-0.25, -0.2) is 4.68 Å².